The third-order valence-electron chi connectivity index (χ3n) is 3.83. The summed E-state index contributed by atoms with van der Waals surface area (Å²) in [6, 6.07) is 15.1. The van der Waals surface area contributed by atoms with Crippen LogP contribution in [0.4, 0.5) is 0 Å². The van der Waals surface area contributed by atoms with Crippen molar-refractivity contribution in [2.75, 3.05) is 5.75 Å². The molecule has 2 N–H and O–H groups in total. The molecule has 0 fully saturated rings. The first-order chi connectivity index (χ1) is 14.0. The van der Waals surface area contributed by atoms with Crippen LogP contribution in [0.2, 0.25) is 0 Å². The summed E-state index contributed by atoms with van der Waals surface area (Å²) in [5.74, 6) is 1.03. The number of aromatic hydroxyl groups is 1. The van der Waals surface area contributed by atoms with Gasteiger partial charge in [0.05, 0.1) is 11.5 Å². The van der Waals surface area contributed by atoms with Crippen molar-refractivity contribution in [3.63, 3.8) is 0 Å². The maximum Gasteiger partial charge on any atom is 0.250 e. The average Bonchev–Trinajstić information content (AvgIpc) is 3.18. The number of hydrogen-bond donors (Lipinski definition) is 2. The van der Waals surface area contributed by atoms with Gasteiger partial charge < -0.3 is 5.11 Å². The zero-order valence-electron chi connectivity index (χ0n) is 16.0. The van der Waals surface area contributed by atoms with E-state index in [4.69, 9.17) is 0 Å². The summed E-state index contributed by atoms with van der Waals surface area (Å²) in [5.41, 5.74) is 6.52. The molecule has 1 heterocycles. The second-order valence-corrected chi connectivity index (χ2v) is 9.60. The fourth-order valence-corrected chi connectivity index (χ4v) is 4.98. The zero-order valence-corrected chi connectivity index (χ0v) is 18.4. The van der Waals surface area contributed by atoms with Gasteiger partial charge >= 0.3 is 0 Å². The highest BCUT2D eigenvalue weighted by atomic mass is 32.2. The van der Waals surface area contributed by atoms with Gasteiger partial charge in [-0.3, -0.25) is 4.79 Å². The Labute approximate surface area is 181 Å². The molecule has 2 aromatic carbocycles. The van der Waals surface area contributed by atoms with E-state index in [9.17, 15) is 9.90 Å². The van der Waals surface area contributed by atoms with Crippen LogP contribution in [0.3, 0.4) is 0 Å². The van der Waals surface area contributed by atoms with E-state index < -0.39 is 0 Å². The molecular weight excluding hydrogens is 424 g/mol. The average molecular weight is 445 g/mol. The monoisotopic (exact) mass is 444 g/mol. The molecule has 0 saturated carbocycles. The fourth-order valence-electron chi connectivity index (χ4n) is 2.22. The maximum absolute atomic E-state index is 12.0. The third kappa shape index (κ3) is 6.88. The summed E-state index contributed by atoms with van der Waals surface area (Å²) in [4.78, 5) is 12.0. The molecule has 1 aromatic heterocycles. The van der Waals surface area contributed by atoms with Gasteiger partial charge in [0, 0.05) is 5.75 Å². The smallest absolute Gasteiger partial charge is 0.250 e. The number of carbonyl (C=O) groups is 1. The van der Waals surface area contributed by atoms with E-state index in [1.165, 1.54) is 34.2 Å². The lowest BCUT2D eigenvalue weighted by molar-refractivity contribution is -0.118. The van der Waals surface area contributed by atoms with Gasteiger partial charge in [0.1, 0.15) is 5.75 Å². The highest BCUT2D eigenvalue weighted by Gasteiger charge is 2.09. The molecule has 1 amide bonds. The van der Waals surface area contributed by atoms with Gasteiger partial charge in [-0.25, -0.2) is 5.43 Å². The zero-order chi connectivity index (χ0) is 20.6. The minimum atomic E-state index is -0.211. The van der Waals surface area contributed by atoms with Crippen molar-refractivity contribution in [2.45, 2.75) is 28.3 Å². The number of aromatic nitrogens is 2. The Kier molecular flexibility index (Phi) is 7.68. The number of hydrogen-bond acceptors (Lipinski definition) is 8. The Morgan fingerprint density at radius 3 is 2.41 bits per heavy atom. The van der Waals surface area contributed by atoms with Crippen molar-refractivity contribution in [1.82, 2.24) is 15.6 Å². The SMILES string of the molecule is CC(=NNC(=O)CSc1nnc(SCc2ccc(C)cc2)s1)c1ccc(O)cc1. The Bertz CT molecular complexity index is 986. The number of benzene rings is 2. The summed E-state index contributed by atoms with van der Waals surface area (Å²) in [5, 5.41) is 21.7. The molecule has 0 bridgehead atoms. The van der Waals surface area contributed by atoms with E-state index in [0.29, 0.717) is 5.71 Å². The van der Waals surface area contributed by atoms with Crippen LogP contribution in [0.15, 0.2) is 62.3 Å². The Hall–Kier alpha value is -2.36. The number of nitrogens with zero attached hydrogens (tertiary/aromatic N) is 3. The molecule has 0 saturated heterocycles. The van der Waals surface area contributed by atoms with Crippen LogP contribution in [0.25, 0.3) is 0 Å². The highest BCUT2D eigenvalue weighted by molar-refractivity contribution is 8.03. The van der Waals surface area contributed by atoms with E-state index in [1.807, 2.05) is 0 Å². The standard InChI is InChI=1S/C20H20N4O2S3/c1-13-3-5-15(6-4-13)11-27-19-23-24-20(29-19)28-12-18(26)22-21-14(2)16-7-9-17(25)10-8-16/h3-10,25H,11-12H2,1-2H3,(H,22,26). The van der Waals surface area contributed by atoms with Gasteiger partial charge in [-0.15, -0.1) is 10.2 Å². The van der Waals surface area contributed by atoms with Gasteiger partial charge in [-0.1, -0.05) is 64.7 Å². The normalized spacial score (nSPS) is 11.4. The second-order valence-electron chi connectivity index (χ2n) is 6.18. The molecule has 29 heavy (non-hydrogen) atoms. The van der Waals surface area contributed by atoms with Crippen molar-refractivity contribution in [2.24, 2.45) is 5.10 Å². The molecule has 3 aromatic rings. The van der Waals surface area contributed by atoms with Crippen molar-refractivity contribution in [1.29, 1.82) is 0 Å². The van der Waals surface area contributed by atoms with Crippen LogP contribution >= 0.6 is 34.9 Å². The highest BCUT2D eigenvalue weighted by Crippen LogP contribution is 2.30. The number of aryl methyl sites for hydroxylation is 1. The molecule has 3 rings (SSSR count). The lowest BCUT2D eigenvalue weighted by atomic mass is 10.1. The molecule has 6 nitrogen and oxygen atoms in total. The number of amides is 1. The van der Waals surface area contributed by atoms with E-state index >= 15 is 0 Å². The van der Waals surface area contributed by atoms with Gasteiger partial charge in [0.2, 0.25) is 0 Å². The Balaban J connectivity index is 1.43. The van der Waals surface area contributed by atoms with Crippen LogP contribution in [0.5, 0.6) is 5.75 Å². The molecule has 0 atom stereocenters. The number of phenolic OH excluding ortho intramolecular Hbond substituents is 1. The van der Waals surface area contributed by atoms with Gasteiger partial charge in [0.25, 0.3) is 5.91 Å². The molecule has 0 spiro atoms. The summed E-state index contributed by atoms with van der Waals surface area (Å²) in [6.45, 7) is 3.86. The van der Waals surface area contributed by atoms with Gasteiger partial charge in [-0.05, 0) is 49.2 Å². The summed E-state index contributed by atoms with van der Waals surface area (Å²) < 4.78 is 1.64. The molecule has 150 valence electrons. The topological polar surface area (TPSA) is 87.5 Å². The van der Waals surface area contributed by atoms with Crippen molar-refractivity contribution in [3.05, 3.63) is 65.2 Å². The van der Waals surface area contributed by atoms with Crippen molar-refractivity contribution < 1.29 is 9.90 Å². The van der Waals surface area contributed by atoms with E-state index in [1.54, 1.807) is 43.0 Å². The summed E-state index contributed by atoms with van der Waals surface area (Å²) in [7, 11) is 0. The number of nitrogens with one attached hydrogen (secondary N) is 1. The van der Waals surface area contributed by atoms with E-state index in [0.717, 1.165) is 20.0 Å². The second kappa shape index (κ2) is 10.4. The van der Waals surface area contributed by atoms with Crippen molar-refractivity contribution >= 4 is 46.5 Å². The number of hydrazone groups is 1. The number of carbonyl (C=O) groups excluding carboxylic acids is 1. The first kappa shape index (κ1) is 21.4. The third-order valence-corrected chi connectivity index (χ3v) is 7.09. The minimum absolute atomic E-state index is 0.190. The minimum Gasteiger partial charge on any atom is -0.508 e. The Morgan fingerprint density at radius 2 is 1.72 bits per heavy atom. The van der Waals surface area contributed by atoms with Gasteiger partial charge in [0.15, 0.2) is 8.68 Å². The lowest BCUT2D eigenvalue weighted by Crippen LogP contribution is -2.21. The molecule has 0 aliphatic rings. The number of rotatable bonds is 8. The fraction of sp³-hybridized carbons (Fsp3) is 0.200. The quantitative estimate of drug-likeness (QED) is 0.303. The summed E-state index contributed by atoms with van der Waals surface area (Å²) >= 11 is 4.46. The first-order valence-electron chi connectivity index (χ1n) is 8.77. The Morgan fingerprint density at radius 1 is 1.07 bits per heavy atom. The van der Waals surface area contributed by atoms with E-state index in [2.05, 4.69) is 51.9 Å². The predicted molar refractivity (Wildman–Crippen MR) is 120 cm³/mol. The summed E-state index contributed by atoms with van der Waals surface area (Å²) in [6.07, 6.45) is 0. The molecule has 9 heteroatoms. The maximum atomic E-state index is 12.0. The molecule has 0 unspecified atom stereocenters. The van der Waals surface area contributed by atoms with E-state index in [-0.39, 0.29) is 17.4 Å². The molecule has 0 radical (unpaired) electrons. The van der Waals surface area contributed by atoms with Crippen LogP contribution in [0.1, 0.15) is 23.6 Å². The number of phenols is 1. The lowest BCUT2D eigenvalue weighted by Gasteiger charge is -2.02. The largest absolute Gasteiger partial charge is 0.508 e. The van der Waals surface area contributed by atoms with Crippen LogP contribution in [0, 0.1) is 6.92 Å². The first-order valence-corrected chi connectivity index (χ1v) is 11.6. The van der Waals surface area contributed by atoms with Crippen LogP contribution < -0.4 is 5.43 Å². The molecule has 0 aliphatic heterocycles. The predicted octanol–water partition coefficient (Wildman–Crippen LogP) is 4.48. The van der Waals surface area contributed by atoms with Crippen LogP contribution in [-0.2, 0) is 10.5 Å². The number of thioether (sulfide) groups is 2. The molecule has 0 aliphatic carbocycles. The molecular formula is C20H20N4O2S3. The van der Waals surface area contributed by atoms with Gasteiger partial charge in [-0.2, -0.15) is 5.10 Å². The van der Waals surface area contributed by atoms with Crippen LogP contribution in [-0.4, -0.2) is 32.7 Å². The van der Waals surface area contributed by atoms with Crippen molar-refractivity contribution in [3.8, 4) is 5.75 Å².